The molecule has 2 nitrogen and oxygen atoms in total. The summed E-state index contributed by atoms with van der Waals surface area (Å²) >= 11 is 3.33. The number of hydrogen-bond donors (Lipinski definition) is 1. The molecule has 1 unspecified atom stereocenters. The van der Waals surface area contributed by atoms with Crippen molar-refractivity contribution in [3.63, 3.8) is 0 Å². The van der Waals surface area contributed by atoms with E-state index in [1.807, 2.05) is 12.1 Å². The van der Waals surface area contributed by atoms with Crippen molar-refractivity contribution in [2.45, 2.75) is 32.8 Å². The highest BCUT2D eigenvalue weighted by Crippen LogP contribution is 2.12. The zero-order valence-electron chi connectivity index (χ0n) is 8.57. The molecule has 0 saturated carbocycles. The summed E-state index contributed by atoms with van der Waals surface area (Å²) in [4.78, 5) is 4.22. The fraction of sp³-hybridized carbons (Fsp3) is 0.545. The molecule has 1 N–H and O–H groups in total. The minimum absolute atomic E-state index is 0.274. The molecule has 78 valence electrons. The van der Waals surface area contributed by atoms with Crippen molar-refractivity contribution in [1.29, 1.82) is 0 Å². The second kappa shape index (κ2) is 5.47. The first kappa shape index (κ1) is 11.7. The lowest BCUT2D eigenvalue weighted by Crippen LogP contribution is -2.14. The van der Waals surface area contributed by atoms with Gasteiger partial charge in [0.05, 0.1) is 6.10 Å². The Balaban J connectivity index is 2.47. The first-order valence-electron chi connectivity index (χ1n) is 4.86. The fourth-order valence-electron chi connectivity index (χ4n) is 1.40. The van der Waals surface area contributed by atoms with Gasteiger partial charge in [-0.2, -0.15) is 0 Å². The number of halogens is 1. The summed E-state index contributed by atoms with van der Waals surface area (Å²) in [5.74, 6) is 0.528. The van der Waals surface area contributed by atoms with Crippen molar-refractivity contribution < 1.29 is 5.11 Å². The number of aliphatic hydroxyl groups excluding tert-OH is 1. The van der Waals surface area contributed by atoms with E-state index in [-0.39, 0.29) is 6.10 Å². The number of nitrogens with zero attached hydrogens (tertiary/aromatic N) is 1. The van der Waals surface area contributed by atoms with E-state index in [2.05, 4.69) is 34.8 Å². The van der Waals surface area contributed by atoms with E-state index < -0.39 is 0 Å². The van der Waals surface area contributed by atoms with Gasteiger partial charge >= 0.3 is 0 Å². The summed E-state index contributed by atoms with van der Waals surface area (Å²) in [7, 11) is 0. The standard InChI is InChI=1S/C11H16BrNO/c1-8(2)5-11(14)6-10-4-3-9(12)7-13-10/h3-4,7-8,11,14H,5-6H2,1-2H3. The van der Waals surface area contributed by atoms with E-state index in [1.54, 1.807) is 6.20 Å². The fourth-order valence-corrected chi connectivity index (χ4v) is 1.63. The molecule has 14 heavy (non-hydrogen) atoms. The Hall–Kier alpha value is -0.410. The second-order valence-electron chi connectivity index (χ2n) is 3.96. The van der Waals surface area contributed by atoms with Crippen molar-refractivity contribution in [3.8, 4) is 0 Å². The first-order chi connectivity index (χ1) is 6.58. The van der Waals surface area contributed by atoms with Crippen molar-refractivity contribution in [2.24, 2.45) is 5.92 Å². The number of aromatic nitrogens is 1. The van der Waals surface area contributed by atoms with Crippen molar-refractivity contribution in [1.82, 2.24) is 4.98 Å². The van der Waals surface area contributed by atoms with E-state index in [0.717, 1.165) is 16.6 Å². The Labute approximate surface area is 93.5 Å². The van der Waals surface area contributed by atoms with Gasteiger partial charge in [-0.1, -0.05) is 13.8 Å². The Morgan fingerprint density at radius 1 is 1.43 bits per heavy atom. The maximum atomic E-state index is 9.69. The van der Waals surface area contributed by atoms with Crippen LogP contribution in [0.3, 0.4) is 0 Å². The molecule has 0 aliphatic heterocycles. The molecular formula is C11H16BrNO. The minimum Gasteiger partial charge on any atom is -0.393 e. The Bertz CT molecular complexity index is 271. The van der Waals surface area contributed by atoms with Gasteiger partial charge in [0.1, 0.15) is 0 Å². The van der Waals surface area contributed by atoms with Crippen LogP contribution in [-0.4, -0.2) is 16.2 Å². The summed E-state index contributed by atoms with van der Waals surface area (Å²) in [5.41, 5.74) is 0.946. The van der Waals surface area contributed by atoms with Gasteiger partial charge in [-0.15, -0.1) is 0 Å². The summed E-state index contributed by atoms with van der Waals surface area (Å²) in [5, 5.41) is 9.69. The lowest BCUT2D eigenvalue weighted by Gasteiger charge is -2.12. The molecule has 1 aromatic heterocycles. The zero-order valence-corrected chi connectivity index (χ0v) is 10.2. The predicted molar refractivity (Wildman–Crippen MR) is 61.1 cm³/mol. The number of hydrogen-bond acceptors (Lipinski definition) is 2. The summed E-state index contributed by atoms with van der Waals surface area (Å²) in [6.07, 6.45) is 2.96. The van der Waals surface area contributed by atoms with Crippen LogP contribution in [0.5, 0.6) is 0 Å². The van der Waals surface area contributed by atoms with Gasteiger partial charge in [0.25, 0.3) is 0 Å². The molecule has 0 aliphatic carbocycles. The Morgan fingerprint density at radius 3 is 2.64 bits per heavy atom. The predicted octanol–water partition coefficient (Wildman–Crippen LogP) is 2.79. The van der Waals surface area contributed by atoms with Crippen LogP contribution in [0.2, 0.25) is 0 Å². The van der Waals surface area contributed by atoms with E-state index >= 15 is 0 Å². The topological polar surface area (TPSA) is 33.1 Å². The SMILES string of the molecule is CC(C)CC(O)Cc1ccc(Br)cn1. The van der Waals surface area contributed by atoms with Crippen LogP contribution in [-0.2, 0) is 6.42 Å². The molecule has 1 atom stereocenters. The Kier molecular flexibility index (Phi) is 4.55. The smallest absolute Gasteiger partial charge is 0.0598 e. The lowest BCUT2D eigenvalue weighted by atomic mass is 10.0. The second-order valence-corrected chi connectivity index (χ2v) is 4.87. The minimum atomic E-state index is -0.274. The summed E-state index contributed by atoms with van der Waals surface area (Å²) in [6.45, 7) is 4.22. The molecule has 0 radical (unpaired) electrons. The van der Waals surface area contributed by atoms with Crippen LogP contribution < -0.4 is 0 Å². The molecule has 0 amide bonds. The lowest BCUT2D eigenvalue weighted by molar-refractivity contribution is 0.148. The van der Waals surface area contributed by atoms with E-state index in [1.165, 1.54) is 0 Å². The van der Waals surface area contributed by atoms with Crippen molar-refractivity contribution in [3.05, 3.63) is 28.5 Å². The number of pyridine rings is 1. The highest BCUT2D eigenvalue weighted by atomic mass is 79.9. The third-order valence-electron chi connectivity index (χ3n) is 1.98. The third-order valence-corrected chi connectivity index (χ3v) is 2.45. The molecule has 0 saturated heterocycles. The van der Waals surface area contributed by atoms with Crippen LogP contribution in [0.25, 0.3) is 0 Å². The van der Waals surface area contributed by atoms with Crippen LogP contribution in [0.4, 0.5) is 0 Å². The van der Waals surface area contributed by atoms with Crippen LogP contribution in [0.15, 0.2) is 22.8 Å². The van der Waals surface area contributed by atoms with Gasteiger partial charge in [0.2, 0.25) is 0 Å². The highest BCUT2D eigenvalue weighted by Gasteiger charge is 2.08. The Morgan fingerprint density at radius 2 is 2.14 bits per heavy atom. The van der Waals surface area contributed by atoms with Crippen molar-refractivity contribution in [2.75, 3.05) is 0 Å². The normalized spacial score (nSPS) is 13.2. The van der Waals surface area contributed by atoms with Gasteiger partial charge in [-0.25, -0.2) is 0 Å². The average molecular weight is 258 g/mol. The summed E-state index contributed by atoms with van der Waals surface area (Å²) in [6, 6.07) is 3.89. The quantitative estimate of drug-likeness (QED) is 0.900. The largest absolute Gasteiger partial charge is 0.393 e. The molecule has 1 aromatic rings. The first-order valence-corrected chi connectivity index (χ1v) is 5.65. The van der Waals surface area contributed by atoms with Crippen molar-refractivity contribution >= 4 is 15.9 Å². The molecule has 0 bridgehead atoms. The zero-order chi connectivity index (χ0) is 10.6. The van der Waals surface area contributed by atoms with Crippen LogP contribution in [0, 0.1) is 5.92 Å². The van der Waals surface area contributed by atoms with Gasteiger partial charge in [-0.05, 0) is 40.4 Å². The molecule has 0 aromatic carbocycles. The van der Waals surface area contributed by atoms with Gasteiger partial charge < -0.3 is 5.11 Å². The van der Waals surface area contributed by atoms with Gasteiger partial charge in [-0.3, -0.25) is 4.98 Å². The van der Waals surface area contributed by atoms with Crippen LogP contribution >= 0.6 is 15.9 Å². The molecule has 0 fully saturated rings. The number of rotatable bonds is 4. The maximum Gasteiger partial charge on any atom is 0.0598 e. The highest BCUT2D eigenvalue weighted by molar-refractivity contribution is 9.10. The van der Waals surface area contributed by atoms with Crippen LogP contribution in [0.1, 0.15) is 26.0 Å². The maximum absolute atomic E-state index is 9.69. The van der Waals surface area contributed by atoms with E-state index in [0.29, 0.717) is 12.3 Å². The summed E-state index contributed by atoms with van der Waals surface area (Å²) < 4.78 is 0.972. The number of aliphatic hydroxyl groups is 1. The third kappa shape index (κ3) is 4.20. The average Bonchev–Trinajstić information content (AvgIpc) is 2.07. The molecule has 3 heteroatoms. The molecule has 0 aliphatic rings. The van der Waals surface area contributed by atoms with Gasteiger partial charge in [0.15, 0.2) is 0 Å². The van der Waals surface area contributed by atoms with Gasteiger partial charge in [0, 0.05) is 22.8 Å². The molecule has 0 spiro atoms. The molecular weight excluding hydrogens is 242 g/mol. The van der Waals surface area contributed by atoms with E-state index in [9.17, 15) is 5.11 Å². The monoisotopic (exact) mass is 257 g/mol. The molecule has 1 heterocycles. The molecule has 1 rings (SSSR count). The van der Waals surface area contributed by atoms with E-state index in [4.69, 9.17) is 0 Å².